The van der Waals surface area contributed by atoms with E-state index in [1.165, 1.54) is 12.1 Å². The molecule has 0 aromatic heterocycles. The molecule has 0 aliphatic rings. The number of nitrogens with zero attached hydrogens (tertiary/aromatic N) is 2. The van der Waals surface area contributed by atoms with Crippen LogP contribution in [0.2, 0.25) is 0 Å². The van der Waals surface area contributed by atoms with Crippen molar-refractivity contribution in [2.75, 3.05) is 13.1 Å². The van der Waals surface area contributed by atoms with Crippen LogP contribution in [0, 0.1) is 34.3 Å². The summed E-state index contributed by atoms with van der Waals surface area (Å²) in [4.78, 5) is 0. The topological polar surface area (TPSA) is 109 Å². The summed E-state index contributed by atoms with van der Waals surface area (Å²) in [6, 6.07) is 26.7. The quantitative estimate of drug-likeness (QED) is 0.330. The number of halogens is 2. The highest BCUT2D eigenvalue weighted by atomic mass is 19.1. The van der Waals surface area contributed by atoms with Gasteiger partial charge < -0.3 is 16.2 Å². The van der Waals surface area contributed by atoms with E-state index in [-0.39, 0.29) is 6.61 Å². The Hall–Kier alpha value is -4.56. The van der Waals surface area contributed by atoms with Gasteiger partial charge in [0.15, 0.2) is 0 Å². The molecule has 0 atom stereocenters. The summed E-state index contributed by atoms with van der Waals surface area (Å²) in [6.45, 7) is 1.52. The van der Waals surface area contributed by atoms with Gasteiger partial charge in [0, 0.05) is 17.2 Å². The lowest BCUT2D eigenvalue weighted by atomic mass is 10.0. The van der Waals surface area contributed by atoms with E-state index in [0.29, 0.717) is 44.7 Å². The summed E-state index contributed by atoms with van der Waals surface area (Å²) in [7, 11) is 0. The summed E-state index contributed by atoms with van der Waals surface area (Å²) in [6.07, 6.45) is 0.944. The average Bonchev–Trinajstić information content (AvgIpc) is 2.93. The molecule has 0 bridgehead atoms. The first-order valence-electron chi connectivity index (χ1n) is 11.6. The van der Waals surface area contributed by atoms with E-state index in [1.54, 1.807) is 72.8 Å². The Kier molecular flexibility index (Phi) is 9.87. The molecule has 0 unspecified atom stereocenters. The van der Waals surface area contributed by atoms with Gasteiger partial charge in [0.25, 0.3) is 0 Å². The molecule has 37 heavy (non-hydrogen) atoms. The van der Waals surface area contributed by atoms with Crippen molar-refractivity contribution >= 4 is 0 Å². The zero-order valence-corrected chi connectivity index (χ0v) is 20.1. The van der Waals surface area contributed by atoms with Crippen molar-refractivity contribution in [3.05, 3.63) is 113 Å². The van der Waals surface area contributed by atoms with E-state index in [4.69, 9.17) is 26.7 Å². The molecule has 0 spiro atoms. The second-order valence-electron chi connectivity index (χ2n) is 8.05. The predicted molar refractivity (Wildman–Crippen MR) is 140 cm³/mol. The van der Waals surface area contributed by atoms with Gasteiger partial charge in [-0.25, -0.2) is 8.78 Å². The highest BCUT2D eigenvalue weighted by Crippen LogP contribution is 2.28. The van der Waals surface area contributed by atoms with Gasteiger partial charge in [0.2, 0.25) is 0 Å². The summed E-state index contributed by atoms with van der Waals surface area (Å²) in [5.41, 5.74) is 13.9. The number of hydrogen-bond acceptors (Lipinski definition) is 5. The molecule has 186 valence electrons. The van der Waals surface area contributed by atoms with Crippen LogP contribution in [-0.4, -0.2) is 13.1 Å². The highest BCUT2D eigenvalue weighted by Gasteiger charge is 2.10. The van der Waals surface area contributed by atoms with Gasteiger partial charge in [0.1, 0.15) is 24.0 Å². The molecule has 5 nitrogen and oxygen atoms in total. The molecule has 4 aromatic carbocycles. The third kappa shape index (κ3) is 7.46. The number of rotatable bonds is 7. The fourth-order valence-corrected chi connectivity index (χ4v) is 3.44. The van der Waals surface area contributed by atoms with Gasteiger partial charge in [-0.15, -0.1) is 0 Å². The van der Waals surface area contributed by atoms with Crippen molar-refractivity contribution in [2.24, 2.45) is 11.5 Å². The summed E-state index contributed by atoms with van der Waals surface area (Å²) in [5, 5.41) is 17.8. The Labute approximate surface area is 215 Å². The zero-order chi connectivity index (χ0) is 26.6. The maximum absolute atomic E-state index is 14.6. The zero-order valence-electron chi connectivity index (χ0n) is 20.1. The Balaban J connectivity index is 0.000000695. The first-order chi connectivity index (χ1) is 18.0. The van der Waals surface area contributed by atoms with Crippen molar-refractivity contribution < 1.29 is 13.5 Å². The molecular weight excluding hydrogens is 470 g/mol. The van der Waals surface area contributed by atoms with Crippen LogP contribution >= 0.6 is 0 Å². The van der Waals surface area contributed by atoms with Crippen molar-refractivity contribution in [2.45, 2.75) is 13.0 Å². The molecule has 0 aliphatic carbocycles. The minimum absolute atomic E-state index is 0.0836. The van der Waals surface area contributed by atoms with E-state index in [0.717, 1.165) is 19.5 Å². The third-order valence-corrected chi connectivity index (χ3v) is 5.44. The summed E-state index contributed by atoms with van der Waals surface area (Å²) >= 11 is 0. The molecule has 0 aliphatic heterocycles. The number of hydrogen-bond donors (Lipinski definition) is 2. The second-order valence-corrected chi connectivity index (χ2v) is 8.05. The Bertz CT molecular complexity index is 1300. The lowest BCUT2D eigenvalue weighted by Gasteiger charge is -2.10. The monoisotopic (exact) mass is 496 g/mol. The Morgan fingerprint density at radius 3 is 1.54 bits per heavy atom. The predicted octanol–water partition coefficient (Wildman–Crippen LogP) is 5.92. The van der Waals surface area contributed by atoms with E-state index < -0.39 is 11.6 Å². The molecule has 0 saturated heterocycles. The molecule has 0 radical (unpaired) electrons. The van der Waals surface area contributed by atoms with Gasteiger partial charge in [-0.2, -0.15) is 10.5 Å². The smallest absolute Gasteiger partial charge is 0.134 e. The largest absolute Gasteiger partial charge is 0.489 e. The number of benzene rings is 4. The Morgan fingerprint density at radius 2 is 1.14 bits per heavy atom. The average molecular weight is 497 g/mol. The molecule has 4 aromatic rings. The number of nitrogens with two attached hydrogens (primary N) is 2. The maximum Gasteiger partial charge on any atom is 0.134 e. The van der Waals surface area contributed by atoms with Crippen LogP contribution in [0.25, 0.3) is 22.3 Å². The molecule has 4 rings (SSSR count). The fraction of sp³-hybridized carbons (Fsp3) is 0.133. The second kappa shape index (κ2) is 13.5. The summed E-state index contributed by atoms with van der Waals surface area (Å²) < 4.78 is 34.8. The Morgan fingerprint density at radius 1 is 0.649 bits per heavy atom. The summed E-state index contributed by atoms with van der Waals surface area (Å²) in [5.74, 6) is -0.524. The van der Waals surface area contributed by atoms with Crippen LogP contribution in [-0.2, 0) is 6.61 Å². The molecule has 0 fully saturated rings. The molecule has 7 heteroatoms. The van der Waals surface area contributed by atoms with Crippen molar-refractivity contribution in [3.63, 3.8) is 0 Å². The highest BCUT2D eigenvalue weighted by molar-refractivity contribution is 5.66. The van der Waals surface area contributed by atoms with E-state index in [1.807, 2.05) is 12.1 Å². The van der Waals surface area contributed by atoms with Gasteiger partial charge in [-0.3, -0.25) is 0 Å². The van der Waals surface area contributed by atoms with Crippen molar-refractivity contribution in [1.29, 1.82) is 10.5 Å². The SMILES string of the molecule is N#Cc1ccc(-c2ccc(COc3ccc(-c4ccc(C#N)cc4)c(F)c3)cc2F)cc1.NCCCN. The van der Waals surface area contributed by atoms with Crippen LogP contribution in [0.5, 0.6) is 5.75 Å². The van der Waals surface area contributed by atoms with Gasteiger partial charge in [0.05, 0.1) is 23.3 Å². The van der Waals surface area contributed by atoms with E-state index >= 15 is 0 Å². The lowest BCUT2D eigenvalue weighted by Crippen LogP contribution is -2.06. The molecular formula is C30H26F2N4O. The normalized spacial score (nSPS) is 10.0. The standard InChI is InChI=1S/C27H16F2N2O.C3H10N2/c28-26-13-20(5-11-24(26)21-6-1-18(15-30)2-7-21)17-32-23-10-12-25(27(29)14-23)22-8-3-19(16-31)4-9-22;4-2-1-3-5/h1-14H,17H2;1-5H2. The third-order valence-electron chi connectivity index (χ3n) is 5.44. The minimum atomic E-state index is -0.449. The first kappa shape index (κ1) is 27.0. The van der Waals surface area contributed by atoms with Crippen LogP contribution in [0.15, 0.2) is 84.9 Å². The van der Waals surface area contributed by atoms with Gasteiger partial charge in [-0.1, -0.05) is 36.4 Å². The van der Waals surface area contributed by atoms with Crippen LogP contribution < -0.4 is 16.2 Å². The van der Waals surface area contributed by atoms with Gasteiger partial charge >= 0.3 is 0 Å². The number of ether oxygens (including phenoxy) is 1. The molecule has 0 heterocycles. The lowest BCUT2D eigenvalue weighted by molar-refractivity contribution is 0.304. The minimum Gasteiger partial charge on any atom is -0.489 e. The van der Waals surface area contributed by atoms with Crippen molar-refractivity contribution in [3.8, 4) is 40.1 Å². The molecule has 0 saturated carbocycles. The molecule has 0 amide bonds. The van der Waals surface area contributed by atoms with E-state index in [9.17, 15) is 8.78 Å². The number of nitriles is 2. The van der Waals surface area contributed by atoms with Crippen LogP contribution in [0.3, 0.4) is 0 Å². The van der Waals surface area contributed by atoms with Crippen LogP contribution in [0.4, 0.5) is 8.78 Å². The first-order valence-corrected chi connectivity index (χ1v) is 11.6. The van der Waals surface area contributed by atoms with Crippen molar-refractivity contribution in [1.82, 2.24) is 0 Å². The van der Waals surface area contributed by atoms with E-state index in [2.05, 4.69) is 0 Å². The van der Waals surface area contributed by atoms with Gasteiger partial charge in [-0.05, 0) is 78.7 Å². The molecule has 4 N–H and O–H groups in total. The maximum atomic E-state index is 14.6. The van der Waals surface area contributed by atoms with Crippen LogP contribution in [0.1, 0.15) is 23.1 Å². The fourth-order valence-electron chi connectivity index (χ4n) is 3.44.